The molecule has 10 nitrogen and oxygen atoms in total. The Labute approximate surface area is 161 Å². The van der Waals surface area contributed by atoms with Gasteiger partial charge in [-0.1, -0.05) is 29.1 Å². The van der Waals surface area contributed by atoms with Gasteiger partial charge in [-0.3, -0.25) is 14.5 Å². The summed E-state index contributed by atoms with van der Waals surface area (Å²) < 4.78 is 0. The molecule has 12 heteroatoms. The molecule has 2 amide bonds. The number of nitrogens with two attached hydrogens (primary N) is 1. The summed E-state index contributed by atoms with van der Waals surface area (Å²) >= 11 is 2.39. The van der Waals surface area contributed by atoms with Crippen LogP contribution in [0.25, 0.3) is 0 Å². The van der Waals surface area contributed by atoms with E-state index in [0.717, 1.165) is 16.2 Å². The molecule has 0 bridgehead atoms. The molecule has 4 N–H and O–H groups in total. The fourth-order valence-corrected chi connectivity index (χ4v) is 4.70. The van der Waals surface area contributed by atoms with Crippen molar-refractivity contribution in [2.75, 3.05) is 18.6 Å². The third-order valence-electron chi connectivity index (χ3n) is 3.89. The molecular formula is C15H15N5O5S2. The summed E-state index contributed by atoms with van der Waals surface area (Å²) in [6.45, 7) is 3.59. The molecule has 3 heterocycles. The molecule has 0 radical (unpaired) electrons. The minimum Gasteiger partial charge on any atom is -0.477 e. The van der Waals surface area contributed by atoms with E-state index in [1.54, 1.807) is 0 Å². The van der Waals surface area contributed by atoms with Gasteiger partial charge >= 0.3 is 5.97 Å². The van der Waals surface area contributed by atoms with E-state index in [-0.39, 0.29) is 16.5 Å². The number of hydrogen-bond acceptors (Lipinski definition) is 9. The van der Waals surface area contributed by atoms with Crippen molar-refractivity contribution in [1.29, 1.82) is 0 Å². The van der Waals surface area contributed by atoms with Crippen LogP contribution in [0.15, 0.2) is 35.3 Å². The average Bonchev–Trinajstić information content (AvgIpc) is 3.08. The summed E-state index contributed by atoms with van der Waals surface area (Å²) in [5.74, 6) is -2.00. The highest BCUT2D eigenvalue weighted by molar-refractivity contribution is 8.00. The number of allylic oxidation sites excluding steroid dienone is 1. The monoisotopic (exact) mass is 409 g/mol. The Balaban J connectivity index is 1.80. The number of amides is 2. The minimum atomic E-state index is -1.21. The van der Waals surface area contributed by atoms with Gasteiger partial charge in [0.15, 0.2) is 10.8 Å². The maximum Gasteiger partial charge on any atom is 0.352 e. The number of oxime groups is 1. The quantitative estimate of drug-likeness (QED) is 0.338. The van der Waals surface area contributed by atoms with E-state index in [2.05, 4.69) is 22.0 Å². The first-order chi connectivity index (χ1) is 12.9. The fourth-order valence-electron chi connectivity index (χ4n) is 2.70. The van der Waals surface area contributed by atoms with Crippen LogP contribution in [0.5, 0.6) is 0 Å². The number of thiazole rings is 1. The maximum absolute atomic E-state index is 12.6. The number of rotatable bonds is 6. The molecule has 0 spiro atoms. The normalized spacial score (nSPS) is 22.0. The SMILES string of the molecule is C=CC1=C(C(=O)O)N2C(=O)C(NC(=O)/C(=N\OC)c3cnc(N)s3)[C@H]2SC1. The summed E-state index contributed by atoms with van der Waals surface area (Å²) in [7, 11) is 1.28. The second-order valence-corrected chi connectivity index (χ2v) is 7.60. The molecule has 0 saturated carbocycles. The fraction of sp³-hybridized carbons (Fsp3) is 0.267. The second kappa shape index (κ2) is 7.40. The van der Waals surface area contributed by atoms with Crippen LogP contribution in [0.2, 0.25) is 0 Å². The zero-order valence-electron chi connectivity index (χ0n) is 14.0. The molecule has 1 aromatic rings. The van der Waals surface area contributed by atoms with Gasteiger partial charge in [0.25, 0.3) is 11.8 Å². The molecule has 2 atom stereocenters. The van der Waals surface area contributed by atoms with Crippen molar-refractivity contribution in [2.24, 2.45) is 5.16 Å². The number of thioether (sulfide) groups is 1. The van der Waals surface area contributed by atoms with Crippen LogP contribution in [-0.4, -0.2) is 62.8 Å². The number of nitrogens with zero attached hydrogens (tertiary/aromatic N) is 3. The van der Waals surface area contributed by atoms with Crippen molar-refractivity contribution in [2.45, 2.75) is 11.4 Å². The standard InChI is InChI=1S/C15H15N5O5S2/c1-3-6-5-26-13-9(12(22)20(13)10(6)14(23)24)18-11(21)8(19-25-2)7-4-17-15(16)27-7/h3-4,9,13H,1,5H2,2H3,(H2,16,17)(H,18,21)(H,23,24)/b19-8-/t9?,13-/m1/s1. The van der Waals surface area contributed by atoms with Gasteiger partial charge in [-0.2, -0.15) is 0 Å². The van der Waals surface area contributed by atoms with E-state index >= 15 is 0 Å². The highest BCUT2D eigenvalue weighted by Crippen LogP contribution is 2.40. The summed E-state index contributed by atoms with van der Waals surface area (Å²) in [6, 6.07) is -0.879. The lowest BCUT2D eigenvalue weighted by molar-refractivity contribution is -0.150. The first-order valence-electron chi connectivity index (χ1n) is 7.56. The third-order valence-corrected chi connectivity index (χ3v) is 6.02. The predicted octanol–water partition coefficient (Wildman–Crippen LogP) is 0.000400. The lowest BCUT2D eigenvalue weighted by Crippen LogP contribution is -2.71. The van der Waals surface area contributed by atoms with Gasteiger partial charge in [0.2, 0.25) is 0 Å². The summed E-state index contributed by atoms with van der Waals surface area (Å²) in [6.07, 6.45) is 2.80. The summed E-state index contributed by atoms with van der Waals surface area (Å²) in [4.78, 5) is 46.7. The predicted molar refractivity (Wildman–Crippen MR) is 100.0 cm³/mol. The smallest absolute Gasteiger partial charge is 0.352 e. The lowest BCUT2D eigenvalue weighted by Gasteiger charge is -2.49. The summed E-state index contributed by atoms with van der Waals surface area (Å²) in [5, 5.41) is 15.4. The molecule has 142 valence electrons. The number of nitrogen functional groups attached to an aromatic ring is 1. The number of nitrogens with one attached hydrogen (secondary N) is 1. The van der Waals surface area contributed by atoms with Crippen LogP contribution in [0.4, 0.5) is 5.13 Å². The number of anilines is 1. The molecular weight excluding hydrogens is 394 g/mol. The maximum atomic E-state index is 12.6. The van der Waals surface area contributed by atoms with Crippen LogP contribution in [0.1, 0.15) is 4.88 Å². The van der Waals surface area contributed by atoms with Gasteiger partial charge in [0.1, 0.15) is 24.2 Å². The Morgan fingerprint density at radius 2 is 2.33 bits per heavy atom. The molecule has 0 aliphatic carbocycles. The zero-order valence-corrected chi connectivity index (χ0v) is 15.7. The minimum absolute atomic E-state index is 0.0699. The Bertz CT molecular complexity index is 893. The number of carbonyl (C=O) groups excluding carboxylic acids is 2. The highest BCUT2D eigenvalue weighted by Gasteiger charge is 2.54. The Kier molecular flexibility index (Phi) is 5.19. The van der Waals surface area contributed by atoms with Gasteiger partial charge in [-0.05, 0) is 5.57 Å². The van der Waals surface area contributed by atoms with E-state index < -0.39 is 29.2 Å². The molecule has 2 aliphatic heterocycles. The highest BCUT2D eigenvalue weighted by atomic mass is 32.2. The van der Waals surface area contributed by atoms with E-state index in [9.17, 15) is 19.5 Å². The Hall–Kier alpha value is -2.86. The van der Waals surface area contributed by atoms with Crippen molar-refractivity contribution in [3.63, 3.8) is 0 Å². The van der Waals surface area contributed by atoms with Gasteiger partial charge in [-0.25, -0.2) is 9.78 Å². The number of hydrogen-bond donors (Lipinski definition) is 3. The molecule has 0 aromatic carbocycles. The van der Waals surface area contributed by atoms with Crippen LogP contribution in [-0.2, 0) is 19.2 Å². The molecule has 3 rings (SSSR count). The van der Waals surface area contributed by atoms with Crippen molar-refractivity contribution in [3.05, 3.63) is 35.0 Å². The number of β-lactam (4-membered cyclic amide) rings is 1. The summed E-state index contributed by atoms with van der Waals surface area (Å²) in [5.41, 5.74) is 5.86. The lowest BCUT2D eigenvalue weighted by atomic mass is 10.0. The Morgan fingerprint density at radius 3 is 2.89 bits per heavy atom. The van der Waals surface area contributed by atoms with E-state index in [1.807, 2.05) is 0 Å². The van der Waals surface area contributed by atoms with Gasteiger partial charge in [-0.15, -0.1) is 11.8 Å². The molecule has 1 aromatic heterocycles. The number of carboxylic acids is 1. The molecule has 27 heavy (non-hydrogen) atoms. The van der Waals surface area contributed by atoms with E-state index in [4.69, 9.17) is 10.6 Å². The largest absolute Gasteiger partial charge is 0.477 e. The molecule has 1 fully saturated rings. The molecule has 1 saturated heterocycles. The van der Waals surface area contributed by atoms with Gasteiger partial charge in [0, 0.05) is 11.9 Å². The van der Waals surface area contributed by atoms with Crippen LogP contribution in [0, 0.1) is 0 Å². The van der Waals surface area contributed by atoms with E-state index in [1.165, 1.54) is 31.1 Å². The zero-order chi connectivity index (χ0) is 19.7. The van der Waals surface area contributed by atoms with Crippen molar-refractivity contribution in [3.8, 4) is 0 Å². The second-order valence-electron chi connectivity index (χ2n) is 5.43. The first kappa shape index (κ1) is 18.9. The number of aromatic nitrogens is 1. The first-order valence-corrected chi connectivity index (χ1v) is 9.42. The van der Waals surface area contributed by atoms with Crippen molar-refractivity contribution >= 4 is 51.7 Å². The number of fused-ring (bicyclic) bond motifs is 1. The average molecular weight is 409 g/mol. The van der Waals surface area contributed by atoms with Crippen LogP contribution < -0.4 is 11.1 Å². The Morgan fingerprint density at radius 1 is 1.59 bits per heavy atom. The van der Waals surface area contributed by atoms with Crippen molar-refractivity contribution < 1.29 is 24.3 Å². The van der Waals surface area contributed by atoms with E-state index in [0.29, 0.717) is 16.2 Å². The third kappa shape index (κ3) is 3.28. The number of carboxylic acid groups (broad SMARTS) is 1. The van der Waals surface area contributed by atoms with Crippen LogP contribution in [0.3, 0.4) is 0 Å². The number of carbonyl (C=O) groups is 3. The van der Waals surface area contributed by atoms with Crippen LogP contribution >= 0.6 is 23.1 Å². The number of aliphatic carboxylic acids is 1. The van der Waals surface area contributed by atoms with Crippen molar-refractivity contribution in [1.82, 2.24) is 15.2 Å². The molecule has 2 aliphatic rings. The van der Waals surface area contributed by atoms with Gasteiger partial charge in [0.05, 0.1) is 4.88 Å². The molecule has 1 unspecified atom stereocenters. The van der Waals surface area contributed by atoms with Gasteiger partial charge < -0.3 is 21.0 Å². The topological polar surface area (TPSA) is 147 Å².